The van der Waals surface area contributed by atoms with E-state index in [-0.39, 0.29) is 10.6 Å². The number of rotatable bonds is 4. The van der Waals surface area contributed by atoms with Crippen LogP contribution < -0.4 is 19.7 Å². The third-order valence-corrected chi connectivity index (χ3v) is 4.52. The molecule has 1 aliphatic heterocycles. The van der Waals surface area contributed by atoms with Crippen molar-refractivity contribution >= 4 is 24.2 Å². The number of nitriles is 1. The molecule has 1 aliphatic rings. The fourth-order valence-corrected chi connectivity index (χ4v) is 3.15. The molecule has 0 spiro atoms. The maximum absolute atomic E-state index is 12.3. The van der Waals surface area contributed by atoms with E-state index in [1.807, 2.05) is 54.6 Å². The molecule has 0 aliphatic carbocycles. The summed E-state index contributed by atoms with van der Waals surface area (Å²) in [6, 6.07) is 16.6. The zero-order chi connectivity index (χ0) is 18.7. The number of methoxy groups -OCH3 is 2. The summed E-state index contributed by atoms with van der Waals surface area (Å²) < 4.78 is 10.5. The van der Waals surface area contributed by atoms with Crippen molar-refractivity contribution in [2.75, 3.05) is 19.1 Å². The van der Waals surface area contributed by atoms with Gasteiger partial charge in [-0.05, 0) is 42.0 Å². The number of ether oxygens (including phenoxy) is 2. The number of amides is 1. The molecule has 0 unspecified atom stereocenters. The summed E-state index contributed by atoms with van der Waals surface area (Å²) in [5, 5.41) is 12.5. The lowest BCUT2D eigenvalue weighted by Gasteiger charge is -2.38. The van der Waals surface area contributed by atoms with Crippen LogP contribution in [0.15, 0.2) is 59.1 Å². The maximum Gasteiger partial charge on any atom is 0.266 e. The van der Waals surface area contributed by atoms with Gasteiger partial charge in [0.15, 0.2) is 0 Å². The van der Waals surface area contributed by atoms with Crippen LogP contribution in [-0.4, -0.2) is 20.1 Å². The van der Waals surface area contributed by atoms with E-state index in [9.17, 15) is 10.1 Å². The molecule has 1 N–H and O–H groups in total. The Kier molecular flexibility index (Phi) is 5.05. The SMILES string of the molecule is COc1ccc(N2C(S)=C(C#N)C(=O)N[C@H]2c2cccc(OC)c2)cc1. The van der Waals surface area contributed by atoms with Gasteiger partial charge in [-0.2, -0.15) is 5.26 Å². The number of thiol groups is 1. The van der Waals surface area contributed by atoms with Crippen molar-refractivity contribution < 1.29 is 14.3 Å². The number of hydrogen-bond donors (Lipinski definition) is 2. The summed E-state index contributed by atoms with van der Waals surface area (Å²) in [6.45, 7) is 0. The molecular weight excluding hydrogens is 350 g/mol. The van der Waals surface area contributed by atoms with E-state index in [1.54, 1.807) is 19.1 Å². The highest BCUT2D eigenvalue weighted by Gasteiger charge is 2.34. The van der Waals surface area contributed by atoms with Crippen molar-refractivity contribution in [3.8, 4) is 17.6 Å². The number of nitrogens with zero attached hydrogens (tertiary/aromatic N) is 2. The quantitative estimate of drug-likeness (QED) is 0.813. The zero-order valence-corrected chi connectivity index (χ0v) is 15.2. The summed E-state index contributed by atoms with van der Waals surface area (Å²) in [5.41, 5.74) is 1.52. The molecule has 7 heteroatoms. The first-order valence-corrected chi connectivity index (χ1v) is 8.25. The van der Waals surface area contributed by atoms with Crippen LogP contribution in [-0.2, 0) is 4.79 Å². The Morgan fingerprint density at radius 1 is 1.12 bits per heavy atom. The third-order valence-electron chi connectivity index (χ3n) is 4.08. The average molecular weight is 367 g/mol. The molecule has 6 nitrogen and oxygen atoms in total. The van der Waals surface area contributed by atoms with Gasteiger partial charge in [0.1, 0.15) is 29.3 Å². The minimum Gasteiger partial charge on any atom is -0.497 e. The highest BCUT2D eigenvalue weighted by atomic mass is 32.1. The summed E-state index contributed by atoms with van der Waals surface area (Å²) in [4.78, 5) is 14.1. The van der Waals surface area contributed by atoms with Gasteiger partial charge >= 0.3 is 0 Å². The number of benzene rings is 2. The van der Waals surface area contributed by atoms with Gasteiger partial charge in [-0.3, -0.25) is 4.79 Å². The highest BCUT2D eigenvalue weighted by molar-refractivity contribution is 7.84. The lowest BCUT2D eigenvalue weighted by molar-refractivity contribution is -0.118. The molecule has 0 aromatic heterocycles. The molecule has 2 aromatic rings. The Morgan fingerprint density at radius 3 is 2.42 bits per heavy atom. The van der Waals surface area contributed by atoms with Crippen LogP contribution >= 0.6 is 12.6 Å². The normalized spacial score (nSPS) is 16.8. The van der Waals surface area contributed by atoms with Crippen molar-refractivity contribution in [1.82, 2.24) is 5.32 Å². The molecule has 0 saturated heterocycles. The maximum atomic E-state index is 12.3. The van der Waals surface area contributed by atoms with E-state index in [0.29, 0.717) is 11.5 Å². The Morgan fingerprint density at radius 2 is 1.81 bits per heavy atom. The number of anilines is 1. The second-order valence-corrected chi connectivity index (χ2v) is 5.95. The smallest absolute Gasteiger partial charge is 0.266 e. The van der Waals surface area contributed by atoms with Crippen molar-refractivity contribution in [3.05, 3.63) is 64.7 Å². The fourth-order valence-electron chi connectivity index (χ4n) is 2.76. The lowest BCUT2D eigenvalue weighted by Crippen LogP contribution is -2.46. The van der Waals surface area contributed by atoms with E-state index < -0.39 is 12.1 Å². The monoisotopic (exact) mass is 367 g/mol. The Balaban J connectivity index is 2.12. The molecule has 0 fully saturated rings. The van der Waals surface area contributed by atoms with Crippen molar-refractivity contribution in [2.45, 2.75) is 6.17 Å². The molecule has 26 heavy (non-hydrogen) atoms. The first-order valence-electron chi connectivity index (χ1n) is 7.80. The van der Waals surface area contributed by atoms with Gasteiger partial charge in [0.05, 0.1) is 19.2 Å². The molecule has 1 heterocycles. The molecule has 1 atom stereocenters. The van der Waals surface area contributed by atoms with Gasteiger partial charge in [-0.15, -0.1) is 12.6 Å². The first-order chi connectivity index (χ1) is 12.6. The Labute approximate surface area is 157 Å². The van der Waals surface area contributed by atoms with Gasteiger partial charge in [0.25, 0.3) is 5.91 Å². The van der Waals surface area contributed by atoms with Gasteiger partial charge in [-0.25, -0.2) is 0 Å². The largest absolute Gasteiger partial charge is 0.497 e. The van der Waals surface area contributed by atoms with Crippen molar-refractivity contribution in [3.63, 3.8) is 0 Å². The van der Waals surface area contributed by atoms with Crippen LogP contribution in [0.3, 0.4) is 0 Å². The van der Waals surface area contributed by atoms with Crippen LogP contribution in [0.5, 0.6) is 11.5 Å². The highest BCUT2D eigenvalue weighted by Crippen LogP contribution is 2.37. The predicted molar refractivity (Wildman–Crippen MR) is 101 cm³/mol. The average Bonchev–Trinajstić information content (AvgIpc) is 2.68. The molecule has 1 amide bonds. The minimum atomic E-state index is -0.532. The Bertz CT molecular complexity index is 903. The Hall–Kier alpha value is -3.11. The second kappa shape index (κ2) is 7.42. The molecule has 0 radical (unpaired) electrons. The molecular formula is C19H17N3O3S. The molecule has 2 aromatic carbocycles. The molecule has 0 saturated carbocycles. The van der Waals surface area contributed by atoms with Gasteiger partial charge in [0.2, 0.25) is 0 Å². The number of hydrogen-bond acceptors (Lipinski definition) is 6. The topological polar surface area (TPSA) is 74.6 Å². The molecule has 132 valence electrons. The standard InChI is InChI=1S/C19H17N3O3S/c1-24-14-8-6-13(7-9-14)22-17(12-4-3-5-15(10-12)25-2)21-18(23)16(11-20)19(22)26/h3-10,17,26H,1-2H3,(H,21,23)/t17-/m1/s1. The predicted octanol–water partition coefficient (Wildman–Crippen LogP) is 3.00. The van der Waals surface area contributed by atoms with Gasteiger partial charge in [-0.1, -0.05) is 12.1 Å². The second-order valence-electron chi connectivity index (χ2n) is 5.53. The van der Waals surface area contributed by atoms with Crippen LogP contribution in [0.25, 0.3) is 0 Å². The van der Waals surface area contributed by atoms with E-state index in [0.717, 1.165) is 11.3 Å². The van der Waals surface area contributed by atoms with Crippen LogP contribution in [0.2, 0.25) is 0 Å². The van der Waals surface area contributed by atoms with Crippen molar-refractivity contribution in [1.29, 1.82) is 5.26 Å². The number of carbonyl (C=O) groups excluding carboxylic acids is 1. The van der Waals surface area contributed by atoms with Crippen LogP contribution in [0.1, 0.15) is 11.7 Å². The zero-order valence-electron chi connectivity index (χ0n) is 14.3. The van der Waals surface area contributed by atoms with E-state index in [4.69, 9.17) is 9.47 Å². The first kappa shape index (κ1) is 17.7. The van der Waals surface area contributed by atoms with Gasteiger partial charge < -0.3 is 19.7 Å². The summed E-state index contributed by atoms with van der Waals surface area (Å²) >= 11 is 4.47. The van der Waals surface area contributed by atoms with Crippen molar-refractivity contribution in [2.24, 2.45) is 0 Å². The molecule has 3 rings (SSSR count). The third kappa shape index (κ3) is 3.19. The summed E-state index contributed by atoms with van der Waals surface area (Å²) in [5.74, 6) is 0.912. The van der Waals surface area contributed by atoms with Crippen LogP contribution in [0, 0.1) is 11.3 Å². The van der Waals surface area contributed by atoms with E-state index >= 15 is 0 Å². The fraction of sp³-hybridized carbons (Fsp3) is 0.158. The number of nitrogens with one attached hydrogen (secondary N) is 1. The van der Waals surface area contributed by atoms with Crippen LogP contribution in [0.4, 0.5) is 5.69 Å². The summed E-state index contributed by atoms with van der Waals surface area (Å²) in [7, 11) is 3.17. The van der Waals surface area contributed by atoms with E-state index in [2.05, 4.69) is 17.9 Å². The summed E-state index contributed by atoms with van der Waals surface area (Å²) in [6.07, 6.45) is -0.532. The number of carbonyl (C=O) groups is 1. The minimum absolute atomic E-state index is 0.0386. The molecule has 0 bridgehead atoms. The van der Waals surface area contributed by atoms with E-state index in [1.165, 1.54) is 0 Å². The van der Waals surface area contributed by atoms with Gasteiger partial charge in [0, 0.05) is 5.69 Å². The lowest BCUT2D eigenvalue weighted by atomic mass is 10.1.